The van der Waals surface area contributed by atoms with Crippen LogP contribution in [0, 0.1) is 6.92 Å². The molecular formula is C15H18N2S. The summed E-state index contributed by atoms with van der Waals surface area (Å²) in [5, 5.41) is 1.04. The number of thiocarbonyl (C=S) groups is 1. The summed E-state index contributed by atoms with van der Waals surface area (Å²) in [6, 6.07) is 8.16. The second-order valence-corrected chi connectivity index (χ2v) is 6.07. The molecule has 2 aromatic rings. The molecule has 0 amide bonds. The highest BCUT2D eigenvalue weighted by molar-refractivity contribution is 7.80. The van der Waals surface area contributed by atoms with Crippen LogP contribution in [0.4, 0.5) is 0 Å². The minimum Gasteiger partial charge on any atom is -0.389 e. The van der Waals surface area contributed by atoms with Gasteiger partial charge in [0.15, 0.2) is 0 Å². The van der Waals surface area contributed by atoms with Gasteiger partial charge in [-0.3, -0.25) is 4.98 Å². The Kier molecular flexibility index (Phi) is 3.11. The number of fused-ring (bicyclic) bond motifs is 1. The first-order chi connectivity index (χ1) is 8.30. The quantitative estimate of drug-likeness (QED) is 0.796. The molecule has 94 valence electrons. The molecule has 3 heteroatoms. The smallest absolute Gasteiger partial charge is 0.104 e. The summed E-state index contributed by atoms with van der Waals surface area (Å²) in [4.78, 5) is 5.10. The molecule has 0 bridgehead atoms. The summed E-state index contributed by atoms with van der Waals surface area (Å²) in [6.45, 7) is 8.53. The summed E-state index contributed by atoms with van der Waals surface area (Å²) < 4.78 is 0. The molecule has 0 spiro atoms. The molecule has 1 heterocycles. The molecule has 0 aliphatic heterocycles. The first kappa shape index (κ1) is 13.0. The van der Waals surface area contributed by atoms with E-state index < -0.39 is 0 Å². The Labute approximate surface area is 113 Å². The van der Waals surface area contributed by atoms with Gasteiger partial charge < -0.3 is 5.73 Å². The van der Waals surface area contributed by atoms with Gasteiger partial charge in [0.1, 0.15) is 4.99 Å². The normalized spacial score (nSPS) is 11.8. The zero-order chi connectivity index (χ0) is 13.5. The molecule has 0 radical (unpaired) electrons. The van der Waals surface area contributed by atoms with Gasteiger partial charge in [-0.15, -0.1) is 0 Å². The Morgan fingerprint density at radius 3 is 2.50 bits per heavy atom. The molecule has 0 fully saturated rings. The molecule has 2 rings (SSSR count). The number of nitrogens with zero attached hydrogens (tertiary/aromatic N) is 1. The highest BCUT2D eigenvalue weighted by atomic mass is 32.1. The number of pyridine rings is 1. The van der Waals surface area contributed by atoms with Gasteiger partial charge in [0.2, 0.25) is 0 Å². The van der Waals surface area contributed by atoms with Crippen molar-refractivity contribution in [2.75, 3.05) is 0 Å². The summed E-state index contributed by atoms with van der Waals surface area (Å²) in [5.41, 5.74) is 9.95. The zero-order valence-electron chi connectivity index (χ0n) is 11.2. The van der Waals surface area contributed by atoms with E-state index >= 15 is 0 Å². The lowest BCUT2D eigenvalue weighted by molar-refractivity contribution is 0.594. The van der Waals surface area contributed by atoms with E-state index in [-0.39, 0.29) is 5.41 Å². The highest BCUT2D eigenvalue weighted by Crippen LogP contribution is 2.30. The average molecular weight is 258 g/mol. The fourth-order valence-corrected chi connectivity index (χ4v) is 2.35. The minimum atomic E-state index is 0.0494. The molecule has 0 saturated carbocycles. The van der Waals surface area contributed by atoms with Crippen molar-refractivity contribution in [3.8, 4) is 0 Å². The second kappa shape index (κ2) is 4.32. The molecule has 2 N–H and O–H groups in total. The first-order valence-electron chi connectivity index (χ1n) is 6.01. The van der Waals surface area contributed by atoms with Gasteiger partial charge in [-0.25, -0.2) is 0 Å². The van der Waals surface area contributed by atoms with Crippen molar-refractivity contribution < 1.29 is 0 Å². The monoisotopic (exact) mass is 258 g/mol. The van der Waals surface area contributed by atoms with Crippen molar-refractivity contribution in [3.63, 3.8) is 0 Å². The first-order valence-corrected chi connectivity index (χ1v) is 6.42. The Hall–Kier alpha value is -1.48. The largest absolute Gasteiger partial charge is 0.389 e. The van der Waals surface area contributed by atoms with Crippen LogP contribution >= 0.6 is 12.2 Å². The summed E-state index contributed by atoms with van der Waals surface area (Å²) >= 11 is 5.14. The van der Waals surface area contributed by atoms with E-state index in [0.29, 0.717) is 4.99 Å². The predicted octanol–water partition coefficient (Wildman–Crippen LogP) is 3.47. The molecule has 0 aliphatic rings. The van der Waals surface area contributed by atoms with Crippen LogP contribution in [-0.4, -0.2) is 9.97 Å². The molecule has 0 aliphatic carbocycles. The summed E-state index contributed by atoms with van der Waals surface area (Å²) in [6.07, 6.45) is 0. The summed E-state index contributed by atoms with van der Waals surface area (Å²) in [7, 11) is 0. The topological polar surface area (TPSA) is 38.9 Å². The van der Waals surface area contributed by atoms with Crippen LogP contribution in [0.25, 0.3) is 10.9 Å². The van der Waals surface area contributed by atoms with Gasteiger partial charge in [-0.05, 0) is 24.0 Å². The second-order valence-electron chi connectivity index (χ2n) is 5.63. The van der Waals surface area contributed by atoms with Crippen molar-refractivity contribution in [2.24, 2.45) is 5.73 Å². The van der Waals surface area contributed by atoms with Gasteiger partial charge in [-0.2, -0.15) is 0 Å². The Balaban J connectivity index is 2.90. The third-order valence-electron chi connectivity index (χ3n) is 3.04. The van der Waals surface area contributed by atoms with E-state index in [0.717, 1.165) is 22.2 Å². The number of para-hydroxylation sites is 1. The van der Waals surface area contributed by atoms with Crippen molar-refractivity contribution in [2.45, 2.75) is 33.1 Å². The van der Waals surface area contributed by atoms with Crippen molar-refractivity contribution in [1.82, 2.24) is 4.98 Å². The van der Waals surface area contributed by atoms with Crippen molar-refractivity contribution >= 4 is 28.1 Å². The molecule has 0 atom stereocenters. The van der Waals surface area contributed by atoms with E-state index in [4.69, 9.17) is 18.0 Å². The van der Waals surface area contributed by atoms with E-state index in [9.17, 15) is 0 Å². The summed E-state index contributed by atoms with van der Waals surface area (Å²) in [5.74, 6) is 0. The number of aromatic nitrogens is 1. The fourth-order valence-electron chi connectivity index (χ4n) is 2.19. The lowest BCUT2D eigenvalue weighted by atomic mass is 9.85. The van der Waals surface area contributed by atoms with E-state index in [1.165, 1.54) is 5.56 Å². The van der Waals surface area contributed by atoms with Gasteiger partial charge in [0, 0.05) is 16.6 Å². The Morgan fingerprint density at radius 1 is 1.28 bits per heavy atom. The Morgan fingerprint density at radius 2 is 1.94 bits per heavy atom. The lowest BCUT2D eigenvalue weighted by Crippen LogP contribution is -2.15. The number of benzene rings is 1. The van der Waals surface area contributed by atoms with Gasteiger partial charge in [0.05, 0.1) is 5.52 Å². The predicted molar refractivity (Wildman–Crippen MR) is 81.1 cm³/mol. The number of rotatable bonds is 1. The number of hydrogen-bond donors (Lipinski definition) is 1. The maximum atomic E-state index is 5.81. The molecule has 0 unspecified atom stereocenters. The van der Waals surface area contributed by atoms with Crippen LogP contribution in [0.2, 0.25) is 0 Å². The maximum Gasteiger partial charge on any atom is 0.104 e. The van der Waals surface area contributed by atoms with E-state index in [1.807, 2.05) is 25.1 Å². The van der Waals surface area contributed by atoms with Gasteiger partial charge in [-0.1, -0.05) is 51.2 Å². The maximum absolute atomic E-state index is 5.81. The van der Waals surface area contributed by atoms with Gasteiger partial charge >= 0.3 is 0 Å². The van der Waals surface area contributed by atoms with Crippen molar-refractivity contribution in [1.29, 1.82) is 0 Å². The molecule has 1 aromatic carbocycles. The minimum absolute atomic E-state index is 0.0494. The van der Waals surface area contributed by atoms with Crippen LogP contribution in [0.15, 0.2) is 24.3 Å². The molecule has 1 aromatic heterocycles. The van der Waals surface area contributed by atoms with Crippen LogP contribution in [-0.2, 0) is 5.41 Å². The number of aryl methyl sites for hydroxylation is 1. The standard InChI is InChI=1S/C15H18N2S/c1-9-8-11(14(16)18)10-6-5-7-12(13(10)17-9)15(2,3)4/h5-8H,1-4H3,(H2,16,18). The molecular weight excluding hydrogens is 240 g/mol. The van der Waals surface area contributed by atoms with Crippen LogP contribution in [0.5, 0.6) is 0 Å². The van der Waals surface area contributed by atoms with Gasteiger partial charge in [0.25, 0.3) is 0 Å². The third-order valence-corrected chi connectivity index (χ3v) is 3.26. The average Bonchev–Trinajstić information content (AvgIpc) is 2.25. The van der Waals surface area contributed by atoms with Crippen LogP contribution in [0.3, 0.4) is 0 Å². The fraction of sp³-hybridized carbons (Fsp3) is 0.333. The lowest BCUT2D eigenvalue weighted by Gasteiger charge is -2.21. The van der Waals surface area contributed by atoms with E-state index in [1.54, 1.807) is 0 Å². The number of hydrogen-bond acceptors (Lipinski definition) is 2. The zero-order valence-corrected chi connectivity index (χ0v) is 12.1. The van der Waals surface area contributed by atoms with E-state index in [2.05, 4.69) is 31.8 Å². The SMILES string of the molecule is Cc1cc(C(N)=S)c2cccc(C(C)(C)C)c2n1. The third kappa shape index (κ3) is 2.23. The molecule has 2 nitrogen and oxygen atoms in total. The van der Waals surface area contributed by atoms with Crippen LogP contribution < -0.4 is 5.73 Å². The Bertz CT molecular complexity index is 624. The van der Waals surface area contributed by atoms with Crippen molar-refractivity contribution in [3.05, 3.63) is 41.1 Å². The highest BCUT2D eigenvalue weighted by Gasteiger charge is 2.19. The molecule has 18 heavy (non-hydrogen) atoms. The number of nitrogens with two attached hydrogens (primary N) is 1. The van der Waals surface area contributed by atoms with Crippen LogP contribution in [0.1, 0.15) is 37.6 Å². The molecule has 0 saturated heterocycles.